The number of nitrogens with zero attached hydrogens (tertiary/aromatic N) is 2. The zero-order chi connectivity index (χ0) is 15.4. The van der Waals surface area contributed by atoms with Crippen molar-refractivity contribution < 1.29 is 28.4 Å². The number of amides is 1. The first kappa shape index (κ1) is 15.5. The molecule has 20 heavy (non-hydrogen) atoms. The fourth-order valence-corrected chi connectivity index (χ4v) is 1.53. The summed E-state index contributed by atoms with van der Waals surface area (Å²) >= 11 is 0. The van der Waals surface area contributed by atoms with Gasteiger partial charge >= 0.3 is 11.7 Å². The number of benzene rings is 1. The van der Waals surface area contributed by atoms with Crippen LogP contribution in [0.5, 0.6) is 0 Å². The number of aliphatic carboxylic acids is 1. The van der Waals surface area contributed by atoms with Crippen LogP contribution in [-0.4, -0.2) is 39.9 Å². The van der Waals surface area contributed by atoms with Crippen molar-refractivity contribution in [3.05, 3.63) is 39.4 Å². The van der Waals surface area contributed by atoms with Crippen molar-refractivity contribution in [3.63, 3.8) is 0 Å². The first-order valence-electron chi connectivity index (χ1n) is 5.43. The number of nitro groups is 1. The van der Waals surface area contributed by atoms with Gasteiger partial charge in [-0.1, -0.05) is 0 Å². The smallest absolute Gasteiger partial charge is 0.323 e. The summed E-state index contributed by atoms with van der Waals surface area (Å²) in [6, 6.07) is 1.18. The molecule has 108 valence electrons. The SMILES string of the molecule is CCN(CC(=O)O)C(=O)c1c(F)ccc([N+](=O)[O-])c1F. The van der Waals surface area contributed by atoms with Crippen molar-refractivity contribution in [2.45, 2.75) is 6.92 Å². The molecule has 0 saturated carbocycles. The van der Waals surface area contributed by atoms with Gasteiger partial charge in [-0.3, -0.25) is 19.7 Å². The van der Waals surface area contributed by atoms with Crippen molar-refractivity contribution in [2.75, 3.05) is 13.1 Å². The number of halogens is 2. The molecule has 1 N–H and O–H groups in total. The first-order chi connectivity index (χ1) is 9.29. The summed E-state index contributed by atoms with van der Waals surface area (Å²) in [5.74, 6) is -5.54. The maximum absolute atomic E-state index is 13.8. The fourth-order valence-electron chi connectivity index (χ4n) is 1.53. The second-order valence-corrected chi connectivity index (χ2v) is 3.73. The monoisotopic (exact) mass is 288 g/mol. The average Bonchev–Trinajstić information content (AvgIpc) is 2.34. The first-order valence-corrected chi connectivity index (χ1v) is 5.43. The predicted octanol–water partition coefficient (Wildman–Crippen LogP) is 1.42. The van der Waals surface area contributed by atoms with E-state index in [1.165, 1.54) is 6.92 Å². The van der Waals surface area contributed by atoms with Crippen molar-refractivity contribution in [1.29, 1.82) is 0 Å². The lowest BCUT2D eigenvalue weighted by molar-refractivity contribution is -0.387. The summed E-state index contributed by atoms with van der Waals surface area (Å²) in [4.78, 5) is 32.6. The van der Waals surface area contributed by atoms with E-state index < -0.39 is 46.2 Å². The van der Waals surface area contributed by atoms with E-state index in [9.17, 15) is 28.5 Å². The van der Waals surface area contributed by atoms with Gasteiger partial charge in [0.05, 0.1) is 4.92 Å². The second kappa shape index (κ2) is 6.04. The topological polar surface area (TPSA) is 101 Å². The van der Waals surface area contributed by atoms with Crippen molar-refractivity contribution in [2.24, 2.45) is 0 Å². The lowest BCUT2D eigenvalue weighted by atomic mass is 10.1. The standard InChI is InChI=1S/C11H10F2N2O5/c1-2-14(5-8(16)17)11(18)9-6(12)3-4-7(10(9)13)15(19)20/h3-4H,2,5H2,1H3,(H,16,17). The molecule has 0 unspecified atom stereocenters. The van der Waals surface area contributed by atoms with Crippen LogP contribution in [0.25, 0.3) is 0 Å². The Hall–Kier alpha value is -2.58. The molecule has 0 radical (unpaired) electrons. The Kier molecular flexibility index (Phi) is 4.68. The maximum Gasteiger partial charge on any atom is 0.323 e. The lowest BCUT2D eigenvalue weighted by Crippen LogP contribution is -2.36. The van der Waals surface area contributed by atoms with Crippen LogP contribution in [0.1, 0.15) is 17.3 Å². The number of nitro benzene ring substituents is 1. The molecule has 0 fully saturated rings. The van der Waals surface area contributed by atoms with Crippen LogP contribution in [0.2, 0.25) is 0 Å². The van der Waals surface area contributed by atoms with Crippen LogP contribution in [-0.2, 0) is 4.79 Å². The normalized spacial score (nSPS) is 10.2. The Morgan fingerprint density at radius 2 is 2.00 bits per heavy atom. The summed E-state index contributed by atoms with van der Waals surface area (Å²) < 4.78 is 27.3. The Labute approximate surface area is 111 Å². The third-order valence-electron chi connectivity index (χ3n) is 2.48. The van der Waals surface area contributed by atoms with E-state index in [1.807, 2.05) is 0 Å². The summed E-state index contributed by atoms with van der Waals surface area (Å²) in [7, 11) is 0. The highest BCUT2D eigenvalue weighted by Crippen LogP contribution is 2.24. The van der Waals surface area contributed by atoms with Gasteiger partial charge < -0.3 is 10.0 Å². The molecule has 0 saturated heterocycles. The number of rotatable bonds is 5. The largest absolute Gasteiger partial charge is 0.480 e. The van der Waals surface area contributed by atoms with Crippen LogP contribution >= 0.6 is 0 Å². The highest BCUT2D eigenvalue weighted by Gasteiger charge is 2.29. The third-order valence-corrected chi connectivity index (χ3v) is 2.48. The molecular weight excluding hydrogens is 278 g/mol. The van der Waals surface area contributed by atoms with Gasteiger partial charge in [-0.2, -0.15) is 4.39 Å². The minimum atomic E-state index is -1.62. The number of carbonyl (C=O) groups is 2. The molecule has 0 aliphatic carbocycles. The number of carboxylic acid groups (broad SMARTS) is 1. The molecule has 0 aliphatic heterocycles. The summed E-state index contributed by atoms with van der Waals surface area (Å²) in [6.07, 6.45) is 0. The van der Waals surface area contributed by atoms with E-state index in [-0.39, 0.29) is 6.54 Å². The average molecular weight is 288 g/mol. The Balaban J connectivity index is 3.30. The van der Waals surface area contributed by atoms with E-state index in [1.54, 1.807) is 0 Å². The molecule has 0 heterocycles. The molecule has 0 bridgehead atoms. The van der Waals surface area contributed by atoms with Gasteiger partial charge in [0.25, 0.3) is 5.91 Å². The zero-order valence-electron chi connectivity index (χ0n) is 10.3. The summed E-state index contributed by atoms with van der Waals surface area (Å²) in [5.41, 5.74) is -2.19. The molecular formula is C11H10F2N2O5. The number of likely N-dealkylation sites (N-methyl/N-ethyl adjacent to an activating group) is 1. The lowest BCUT2D eigenvalue weighted by Gasteiger charge is -2.19. The van der Waals surface area contributed by atoms with Crippen LogP contribution < -0.4 is 0 Å². The predicted molar refractivity (Wildman–Crippen MR) is 62.2 cm³/mol. The summed E-state index contributed by atoms with van der Waals surface area (Å²) in [5, 5.41) is 19.2. The molecule has 1 aromatic rings. The van der Waals surface area contributed by atoms with Crippen molar-refractivity contribution >= 4 is 17.6 Å². The van der Waals surface area contributed by atoms with Crippen LogP contribution in [0.15, 0.2) is 12.1 Å². The van der Waals surface area contributed by atoms with Gasteiger partial charge in [-0.05, 0) is 13.0 Å². The highest BCUT2D eigenvalue weighted by atomic mass is 19.1. The van der Waals surface area contributed by atoms with Gasteiger partial charge in [0, 0.05) is 12.6 Å². The Morgan fingerprint density at radius 3 is 2.45 bits per heavy atom. The highest BCUT2D eigenvalue weighted by molar-refractivity contribution is 5.97. The Bertz CT molecular complexity index is 576. The van der Waals surface area contributed by atoms with Gasteiger partial charge in [0.1, 0.15) is 17.9 Å². The zero-order valence-corrected chi connectivity index (χ0v) is 10.3. The van der Waals surface area contributed by atoms with E-state index >= 15 is 0 Å². The quantitative estimate of drug-likeness (QED) is 0.652. The van der Waals surface area contributed by atoms with E-state index in [2.05, 4.69) is 0 Å². The van der Waals surface area contributed by atoms with E-state index in [4.69, 9.17) is 5.11 Å². The molecule has 0 atom stereocenters. The second-order valence-electron chi connectivity index (χ2n) is 3.73. The van der Waals surface area contributed by atoms with Crippen molar-refractivity contribution in [3.8, 4) is 0 Å². The van der Waals surface area contributed by atoms with Crippen LogP contribution in [0.3, 0.4) is 0 Å². The third kappa shape index (κ3) is 3.05. The fraction of sp³-hybridized carbons (Fsp3) is 0.273. The molecule has 9 heteroatoms. The maximum atomic E-state index is 13.8. The van der Waals surface area contributed by atoms with Crippen LogP contribution in [0.4, 0.5) is 14.5 Å². The number of carbonyl (C=O) groups excluding carboxylic acids is 1. The van der Waals surface area contributed by atoms with Gasteiger partial charge in [-0.25, -0.2) is 4.39 Å². The molecule has 0 aliphatic rings. The van der Waals surface area contributed by atoms with Crippen molar-refractivity contribution in [1.82, 2.24) is 4.90 Å². The molecule has 0 aromatic heterocycles. The molecule has 1 rings (SSSR count). The van der Waals surface area contributed by atoms with Crippen LogP contribution in [0, 0.1) is 21.7 Å². The molecule has 1 amide bonds. The minimum absolute atomic E-state index is 0.118. The van der Waals surface area contributed by atoms with Gasteiger partial charge in [0.2, 0.25) is 5.82 Å². The number of carboxylic acids is 1. The number of hydrogen-bond acceptors (Lipinski definition) is 4. The molecule has 1 aromatic carbocycles. The van der Waals surface area contributed by atoms with E-state index in [0.29, 0.717) is 17.0 Å². The number of hydrogen-bond donors (Lipinski definition) is 1. The molecule has 7 nitrogen and oxygen atoms in total. The summed E-state index contributed by atoms with van der Waals surface area (Å²) in [6.45, 7) is 0.525. The van der Waals surface area contributed by atoms with E-state index in [0.717, 1.165) is 0 Å². The molecule has 0 spiro atoms. The van der Waals surface area contributed by atoms with Gasteiger partial charge in [0.15, 0.2) is 0 Å². The minimum Gasteiger partial charge on any atom is -0.480 e. The van der Waals surface area contributed by atoms with Gasteiger partial charge in [-0.15, -0.1) is 0 Å². The Morgan fingerprint density at radius 1 is 1.40 bits per heavy atom.